The maximum atomic E-state index is 13.3. The van der Waals surface area contributed by atoms with Crippen molar-refractivity contribution in [2.45, 2.75) is 19.4 Å². The number of aromatic nitrogens is 2. The van der Waals surface area contributed by atoms with Crippen molar-refractivity contribution in [1.82, 2.24) is 14.7 Å². The van der Waals surface area contributed by atoms with E-state index in [0.29, 0.717) is 18.4 Å². The standard InChI is InChI=1S/C26H26FN3O/c1-29(16-15-20-7-3-2-4-8-20)17-18-30-26(31)24-10-6-5-9-23(24)25(28-30)19-21-11-13-22(27)14-12-21/h2-14H,15-19H2,1H3. The summed E-state index contributed by atoms with van der Waals surface area (Å²) in [5.41, 5.74) is 3.02. The fourth-order valence-corrected chi connectivity index (χ4v) is 3.72. The van der Waals surface area contributed by atoms with Crippen LogP contribution in [0.1, 0.15) is 16.8 Å². The highest BCUT2D eigenvalue weighted by Crippen LogP contribution is 2.17. The summed E-state index contributed by atoms with van der Waals surface area (Å²) < 4.78 is 14.8. The van der Waals surface area contributed by atoms with E-state index in [4.69, 9.17) is 5.10 Å². The molecule has 4 rings (SSSR count). The number of hydrogen-bond donors (Lipinski definition) is 0. The minimum absolute atomic E-state index is 0.0742. The highest BCUT2D eigenvalue weighted by Gasteiger charge is 2.12. The smallest absolute Gasteiger partial charge is 0.274 e. The summed E-state index contributed by atoms with van der Waals surface area (Å²) in [4.78, 5) is 15.2. The van der Waals surface area contributed by atoms with Crippen molar-refractivity contribution < 1.29 is 4.39 Å². The Morgan fingerprint density at radius 1 is 0.839 bits per heavy atom. The maximum Gasteiger partial charge on any atom is 0.274 e. The summed E-state index contributed by atoms with van der Waals surface area (Å²) in [7, 11) is 2.06. The minimum Gasteiger partial charge on any atom is -0.304 e. The molecule has 0 atom stereocenters. The molecule has 0 bridgehead atoms. The van der Waals surface area contributed by atoms with Crippen molar-refractivity contribution >= 4 is 10.8 Å². The van der Waals surface area contributed by atoms with Crippen LogP contribution in [0.2, 0.25) is 0 Å². The van der Waals surface area contributed by atoms with Gasteiger partial charge in [0.2, 0.25) is 0 Å². The van der Waals surface area contributed by atoms with Gasteiger partial charge in [-0.1, -0.05) is 60.7 Å². The Morgan fingerprint density at radius 3 is 2.26 bits per heavy atom. The van der Waals surface area contributed by atoms with Gasteiger partial charge in [0.05, 0.1) is 17.6 Å². The molecule has 4 aromatic rings. The summed E-state index contributed by atoms with van der Waals surface area (Å²) in [5.74, 6) is -0.259. The number of benzene rings is 3. The van der Waals surface area contributed by atoms with Gasteiger partial charge in [-0.15, -0.1) is 0 Å². The summed E-state index contributed by atoms with van der Waals surface area (Å²) in [6.07, 6.45) is 1.51. The van der Waals surface area contributed by atoms with Crippen LogP contribution in [-0.2, 0) is 19.4 Å². The first-order chi connectivity index (χ1) is 15.1. The lowest BCUT2D eigenvalue weighted by Crippen LogP contribution is -2.32. The molecule has 0 amide bonds. The monoisotopic (exact) mass is 415 g/mol. The van der Waals surface area contributed by atoms with Crippen molar-refractivity contribution in [3.05, 3.63) is 112 Å². The molecule has 158 valence electrons. The van der Waals surface area contributed by atoms with Crippen LogP contribution in [-0.4, -0.2) is 34.8 Å². The third-order valence-corrected chi connectivity index (χ3v) is 5.55. The lowest BCUT2D eigenvalue weighted by molar-refractivity contribution is 0.312. The van der Waals surface area contributed by atoms with E-state index in [1.807, 2.05) is 30.3 Å². The number of halogens is 1. The number of nitrogens with zero attached hydrogens (tertiary/aromatic N) is 3. The fourth-order valence-electron chi connectivity index (χ4n) is 3.72. The Kier molecular flexibility index (Phi) is 6.53. The molecule has 0 unspecified atom stereocenters. The Bertz CT molecular complexity index is 1200. The van der Waals surface area contributed by atoms with E-state index < -0.39 is 0 Å². The molecule has 0 saturated carbocycles. The molecular weight excluding hydrogens is 389 g/mol. The lowest BCUT2D eigenvalue weighted by Gasteiger charge is -2.18. The molecule has 0 fully saturated rings. The molecule has 1 heterocycles. The van der Waals surface area contributed by atoms with Crippen molar-refractivity contribution in [3.63, 3.8) is 0 Å². The Morgan fingerprint density at radius 2 is 1.52 bits per heavy atom. The normalized spacial score (nSPS) is 11.3. The zero-order chi connectivity index (χ0) is 21.6. The van der Waals surface area contributed by atoms with E-state index in [2.05, 4.69) is 36.2 Å². The number of likely N-dealkylation sites (N-methyl/N-ethyl adjacent to an activating group) is 1. The summed E-state index contributed by atoms with van der Waals surface area (Å²) in [6, 6.07) is 24.4. The molecule has 0 saturated heterocycles. The van der Waals surface area contributed by atoms with Gasteiger partial charge in [0.1, 0.15) is 5.82 Å². The number of fused-ring (bicyclic) bond motifs is 1. The highest BCUT2D eigenvalue weighted by atomic mass is 19.1. The van der Waals surface area contributed by atoms with Crippen LogP contribution in [0.3, 0.4) is 0 Å². The molecule has 0 radical (unpaired) electrons. The van der Waals surface area contributed by atoms with Gasteiger partial charge >= 0.3 is 0 Å². The maximum absolute atomic E-state index is 13.3. The van der Waals surface area contributed by atoms with Crippen LogP contribution < -0.4 is 5.56 Å². The van der Waals surface area contributed by atoms with Crippen molar-refractivity contribution in [2.75, 3.05) is 20.1 Å². The van der Waals surface area contributed by atoms with Crippen LogP contribution in [0, 0.1) is 5.82 Å². The predicted molar refractivity (Wildman–Crippen MR) is 123 cm³/mol. The second kappa shape index (κ2) is 9.67. The van der Waals surface area contributed by atoms with Gasteiger partial charge in [-0.05, 0) is 42.8 Å². The molecule has 0 aliphatic carbocycles. The third kappa shape index (κ3) is 5.25. The molecule has 0 aliphatic heterocycles. The van der Waals surface area contributed by atoms with Crippen molar-refractivity contribution in [1.29, 1.82) is 0 Å². The van der Waals surface area contributed by atoms with Gasteiger partial charge in [-0.3, -0.25) is 4.79 Å². The molecule has 31 heavy (non-hydrogen) atoms. The van der Waals surface area contributed by atoms with Gasteiger partial charge in [-0.25, -0.2) is 9.07 Å². The van der Waals surface area contributed by atoms with E-state index in [1.165, 1.54) is 17.7 Å². The molecule has 5 heteroatoms. The van der Waals surface area contributed by atoms with Gasteiger partial charge in [0.25, 0.3) is 5.56 Å². The molecule has 0 spiro atoms. The molecular formula is C26H26FN3O. The minimum atomic E-state index is -0.259. The van der Waals surface area contributed by atoms with E-state index in [0.717, 1.165) is 36.2 Å². The van der Waals surface area contributed by atoms with Gasteiger partial charge in [-0.2, -0.15) is 5.10 Å². The van der Waals surface area contributed by atoms with E-state index in [1.54, 1.807) is 16.8 Å². The number of hydrogen-bond acceptors (Lipinski definition) is 3. The third-order valence-electron chi connectivity index (χ3n) is 5.55. The van der Waals surface area contributed by atoms with Crippen molar-refractivity contribution in [2.24, 2.45) is 0 Å². The molecule has 0 aliphatic rings. The first-order valence-electron chi connectivity index (χ1n) is 10.6. The topological polar surface area (TPSA) is 38.1 Å². The van der Waals surface area contributed by atoms with Crippen LogP contribution in [0.5, 0.6) is 0 Å². The van der Waals surface area contributed by atoms with Crippen molar-refractivity contribution in [3.8, 4) is 0 Å². The van der Waals surface area contributed by atoms with E-state index >= 15 is 0 Å². The quantitative estimate of drug-likeness (QED) is 0.431. The second-order valence-corrected chi connectivity index (χ2v) is 7.86. The SMILES string of the molecule is CN(CCc1ccccc1)CCn1nc(Cc2ccc(F)cc2)c2ccccc2c1=O. The summed E-state index contributed by atoms with van der Waals surface area (Å²) in [5, 5.41) is 6.21. The Hall–Kier alpha value is -3.31. The summed E-state index contributed by atoms with van der Waals surface area (Å²) in [6.45, 7) is 2.16. The number of rotatable bonds is 8. The predicted octanol–water partition coefficient (Wildman–Crippen LogP) is 4.30. The second-order valence-electron chi connectivity index (χ2n) is 7.86. The fraction of sp³-hybridized carbons (Fsp3) is 0.231. The Labute approximate surface area is 181 Å². The molecule has 3 aromatic carbocycles. The lowest BCUT2D eigenvalue weighted by atomic mass is 10.0. The van der Waals surface area contributed by atoms with Gasteiger partial charge < -0.3 is 4.90 Å². The Balaban J connectivity index is 1.52. The van der Waals surface area contributed by atoms with Crippen LogP contribution in [0.4, 0.5) is 4.39 Å². The first-order valence-corrected chi connectivity index (χ1v) is 10.6. The average molecular weight is 416 g/mol. The molecule has 1 aromatic heterocycles. The molecule has 0 N–H and O–H groups in total. The van der Waals surface area contributed by atoms with E-state index in [9.17, 15) is 9.18 Å². The van der Waals surface area contributed by atoms with Gasteiger partial charge in [0.15, 0.2) is 0 Å². The van der Waals surface area contributed by atoms with Gasteiger partial charge in [0, 0.05) is 24.9 Å². The molecule has 4 nitrogen and oxygen atoms in total. The van der Waals surface area contributed by atoms with E-state index in [-0.39, 0.29) is 11.4 Å². The zero-order valence-corrected chi connectivity index (χ0v) is 17.7. The largest absolute Gasteiger partial charge is 0.304 e. The first kappa shape index (κ1) is 20.9. The zero-order valence-electron chi connectivity index (χ0n) is 17.7. The van der Waals surface area contributed by atoms with Crippen LogP contribution in [0.15, 0.2) is 83.7 Å². The summed E-state index contributed by atoms with van der Waals surface area (Å²) >= 11 is 0. The highest BCUT2D eigenvalue weighted by molar-refractivity contribution is 5.83. The average Bonchev–Trinajstić information content (AvgIpc) is 2.81. The van der Waals surface area contributed by atoms with Crippen LogP contribution in [0.25, 0.3) is 10.8 Å². The van der Waals surface area contributed by atoms with Crippen LogP contribution >= 0.6 is 0 Å².